The highest BCUT2D eigenvalue weighted by Gasteiger charge is 2.21. The van der Waals surface area contributed by atoms with Crippen molar-refractivity contribution in [1.29, 1.82) is 0 Å². The predicted octanol–water partition coefficient (Wildman–Crippen LogP) is 1.54. The molecule has 0 aliphatic rings. The molecular weight excluding hydrogens is 190 g/mol. The summed E-state index contributed by atoms with van der Waals surface area (Å²) in [6.45, 7) is 10.4. The molecule has 80 valence electrons. The Balaban J connectivity index is 2.77. The van der Waals surface area contributed by atoms with E-state index < -0.39 is 8.07 Å². The topological polar surface area (TPSA) is 21.7 Å². The monoisotopic (exact) mass is 212 g/mol. The van der Waals surface area contributed by atoms with Gasteiger partial charge in [0.2, 0.25) is 0 Å². The van der Waals surface area contributed by atoms with Crippen LogP contribution < -0.4 is 4.68 Å². The fraction of sp³-hybridized carbons (Fsp3) is 0.800. The molecule has 3 nitrogen and oxygen atoms in total. The minimum Gasteiger partial charge on any atom is -0.138 e. The number of hydrogen-bond acceptors (Lipinski definition) is 1. The average Bonchev–Trinajstić information content (AvgIpc) is 2.29. The molecule has 0 aliphatic carbocycles. The molecule has 0 aliphatic heterocycles. The van der Waals surface area contributed by atoms with Crippen LogP contribution in [0.1, 0.15) is 19.0 Å². The maximum atomic E-state index is 4.44. The highest BCUT2D eigenvalue weighted by Crippen LogP contribution is 2.07. The Kier molecular flexibility index (Phi) is 3.47. The smallest absolute Gasteiger partial charge is 0.138 e. The summed E-state index contributed by atoms with van der Waals surface area (Å²) < 4.78 is 4.07. The summed E-state index contributed by atoms with van der Waals surface area (Å²) in [6, 6.07) is 1.22. The van der Waals surface area contributed by atoms with Crippen LogP contribution >= 0.6 is 0 Å². The molecule has 0 atom stereocenters. The lowest BCUT2D eigenvalue weighted by atomic mass is 10.5. The van der Waals surface area contributed by atoms with Gasteiger partial charge in [-0.15, -0.1) is 9.36 Å². The third-order valence-corrected chi connectivity index (χ3v) is 3.55. The van der Waals surface area contributed by atoms with Crippen LogP contribution in [0.5, 0.6) is 0 Å². The molecule has 0 spiro atoms. The van der Waals surface area contributed by atoms with Gasteiger partial charge < -0.3 is 0 Å². The van der Waals surface area contributed by atoms with Gasteiger partial charge in [-0.3, -0.25) is 0 Å². The minimum atomic E-state index is -1.01. The summed E-state index contributed by atoms with van der Waals surface area (Å²) >= 11 is 0. The van der Waals surface area contributed by atoms with Crippen molar-refractivity contribution in [3.63, 3.8) is 0 Å². The van der Waals surface area contributed by atoms with Gasteiger partial charge in [0, 0.05) is 6.04 Å². The third kappa shape index (κ3) is 3.25. The van der Waals surface area contributed by atoms with Crippen LogP contribution in [-0.2, 0) is 19.6 Å². The zero-order valence-electron chi connectivity index (χ0n) is 10.0. The van der Waals surface area contributed by atoms with Gasteiger partial charge in [-0.05, 0) is 6.42 Å². The zero-order valence-corrected chi connectivity index (χ0v) is 11.0. The molecule has 1 aromatic rings. The Morgan fingerprint density at radius 2 is 2.07 bits per heavy atom. The Hall–Kier alpha value is -0.643. The van der Waals surface area contributed by atoms with E-state index in [-0.39, 0.29) is 0 Å². The van der Waals surface area contributed by atoms with Crippen molar-refractivity contribution in [2.75, 3.05) is 0 Å². The maximum Gasteiger partial charge on any atom is 0.164 e. The van der Waals surface area contributed by atoms with Crippen LogP contribution in [0.15, 0.2) is 6.20 Å². The van der Waals surface area contributed by atoms with E-state index in [0.717, 1.165) is 13.0 Å². The van der Waals surface area contributed by atoms with Gasteiger partial charge in [-0.25, -0.2) is 0 Å². The van der Waals surface area contributed by atoms with Gasteiger partial charge in [0.05, 0.1) is 13.3 Å². The van der Waals surface area contributed by atoms with Gasteiger partial charge in [-0.1, -0.05) is 26.6 Å². The first-order valence-corrected chi connectivity index (χ1v) is 9.06. The molecule has 1 rings (SSSR count). The van der Waals surface area contributed by atoms with Crippen molar-refractivity contribution >= 4 is 8.07 Å². The van der Waals surface area contributed by atoms with Crippen molar-refractivity contribution in [2.45, 2.75) is 45.6 Å². The molecule has 0 fully saturated rings. The van der Waals surface area contributed by atoms with Crippen LogP contribution in [0, 0.1) is 0 Å². The Bertz CT molecular complexity index is 299. The van der Waals surface area contributed by atoms with Crippen LogP contribution in [0.4, 0.5) is 0 Å². The second-order valence-corrected chi connectivity index (χ2v) is 10.6. The first-order chi connectivity index (χ1) is 6.42. The lowest BCUT2D eigenvalue weighted by Gasteiger charge is -2.11. The van der Waals surface area contributed by atoms with Crippen molar-refractivity contribution in [1.82, 2.24) is 9.90 Å². The van der Waals surface area contributed by atoms with E-state index in [0.29, 0.717) is 0 Å². The molecule has 1 aromatic heterocycles. The van der Waals surface area contributed by atoms with E-state index in [1.54, 1.807) is 0 Å². The number of hydrogen-bond donors (Lipinski definition) is 0. The van der Waals surface area contributed by atoms with E-state index in [1.165, 1.54) is 11.7 Å². The second-order valence-electron chi connectivity index (χ2n) is 5.13. The number of aryl methyl sites for hydroxylation is 2. The maximum absolute atomic E-state index is 4.44. The Morgan fingerprint density at radius 1 is 1.43 bits per heavy atom. The first kappa shape index (κ1) is 11.4. The highest BCUT2D eigenvalue weighted by atomic mass is 28.3. The molecule has 0 amide bonds. The van der Waals surface area contributed by atoms with E-state index >= 15 is 0 Å². The molecule has 14 heavy (non-hydrogen) atoms. The molecule has 0 saturated heterocycles. The Labute approximate surface area is 87.7 Å². The van der Waals surface area contributed by atoms with Gasteiger partial charge in [0.15, 0.2) is 11.9 Å². The van der Waals surface area contributed by atoms with E-state index in [9.17, 15) is 0 Å². The molecule has 0 N–H and O–H groups in total. The largest absolute Gasteiger partial charge is 0.164 e. The molecule has 0 bridgehead atoms. The van der Waals surface area contributed by atoms with Gasteiger partial charge in [-0.2, -0.15) is 0 Å². The average molecular weight is 212 g/mol. The van der Waals surface area contributed by atoms with Gasteiger partial charge >= 0.3 is 0 Å². The second kappa shape index (κ2) is 4.25. The molecule has 0 saturated carbocycles. The van der Waals surface area contributed by atoms with Crippen LogP contribution in [0.2, 0.25) is 19.6 Å². The molecule has 4 heteroatoms. The lowest BCUT2D eigenvalue weighted by Crippen LogP contribution is -2.39. The summed E-state index contributed by atoms with van der Waals surface area (Å²) in [4.78, 5) is 0. The van der Waals surface area contributed by atoms with Gasteiger partial charge in [0.25, 0.3) is 0 Å². The van der Waals surface area contributed by atoms with Crippen molar-refractivity contribution in [3.05, 3.63) is 11.9 Å². The van der Waals surface area contributed by atoms with Crippen LogP contribution in [-0.4, -0.2) is 18.0 Å². The predicted molar refractivity (Wildman–Crippen MR) is 60.7 cm³/mol. The molecular formula is C10H22N3Si+. The quantitative estimate of drug-likeness (QED) is 0.548. The molecule has 1 heterocycles. The summed E-state index contributed by atoms with van der Waals surface area (Å²) in [6.07, 6.45) is 3.34. The highest BCUT2D eigenvalue weighted by molar-refractivity contribution is 6.75. The number of aromatic nitrogens is 3. The standard InChI is InChI=1S/C10H22N3Si/c1-6-7-13-8-10(12(2)11-13)9-14(3,4)5/h8H,6-7,9H2,1-5H3/q+1. The molecule has 0 unspecified atom stereocenters. The van der Waals surface area contributed by atoms with E-state index in [4.69, 9.17) is 0 Å². The number of nitrogens with zero attached hydrogens (tertiary/aromatic N) is 3. The lowest BCUT2D eigenvalue weighted by molar-refractivity contribution is -0.738. The van der Waals surface area contributed by atoms with E-state index in [1.807, 2.05) is 11.7 Å². The van der Waals surface area contributed by atoms with Crippen molar-refractivity contribution < 1.29 is 4.68 Å². The van der Waals surface area contributed by atoms with Crippen molar-refractivity contribution in [2.24, 2.45) is 7.05 Å². The fourth-order valence-corrected chi connectivity index (χ4v) is 2.96. The summed E-state index contributed by atoms with van der Waals surface area (Å²) in [7, 11) is 1.03. The fourth-order valence-electron chi connectivity index (χ4n) is 1.55. The third-order valence-electron chi connectivity index (χ3n) is 2.13. The summed E-state index contributed by atoms with van der Waals surface area (Å²) in [5, 5.41) is 4.44. The molecule has 0 aromatic carbocycles. The van der Waals surface area contributed by atoms with E-state index in [2.05, 4.69) is 42.7 Å². The SMILES string of the molecule is CCCn1cc(C[Si](C)(C)C)[n+](C)n1. The normalized spacial score (nSPS) is 12.1. The van der Waals surface area contributed by atoms with Gasteiger partial charge in [0.1, 0.15) is 13.6 Å². The number of rotatable bonds is 4. The molecule has 0 radical (unpaired) electrons. The van der Waals surface area contributed by atoms with Crippen LogP contribution in [0.3, 0.4) is 0 Å². The Morgan fingerprint density at radius 3 is 2.57 bits per heavy atom. The first-order valence-electron chi connectivity index (χ1n) is 5.35. The summed E-state index contributed by atoms with van der Waals surface area (Å²) in [5.74, 6) is 0. The van der Waals surface area contributed by atoms with Crippen LogP contribution in [0.25, 0.3) is 0 Å². The summed E-state index contributed by atoms with van der Waals surface area (Å²) in [5.41, 5.74) is 1.37. The zero-order chi connectivity index (χ0) is 10.8. The minimum absolute atomic E-state index is 1.01. The van der Waals surface area contributed by atoms with Crippen molar-refractivity contribution in [3.8, 4) is 0 Å².